The summed E-state index contributed by atoms with van der Waals surface area (Å²) in [5, 5.41) is 3.78. The van der Waals surface area contributed by atoms with E-state index in [-0.39, 0.29) is 16.2 Å². The van der Waals surface area contributed by atoms with Gasteiger partial charge in [-0.05, 0) is 86.9 Å². The van der Waals surface area contributed by atoms with Gasteiger partial charge in [0, 0.05) is 22.4 Å². The number of hydrogen-bond donors (Lipinski definition) is 1. The van der Waals surface area contributed by atoms with Gasteiger partial charge in [-0.25, -0.2) is 0 Å². The second-order valence-corrected chi connectivity index (χ2v) is 12.6. The third kappa shape index (κ3) is 3.52. The second-order valence-electron chi connectivity index (χ2n) is 12.6. The first-order valence-electron chi connectivity index (χ1n) is 13.3. The molecule has 0 aliphatic heterocycles. The average Bonchev–Trinajstić information content (AvgIpc) is 3.08. The van der Waals surface area contributed by atoms with Crippen molar-refractivity contribution in [2.24, 2.45) is 0 Å². The molecule has 0 bridgehead atoms. The van der Waals surface area contributed by atoms with Crippen LogP contribution in [0.3, 0.4) is 0 Å². The Morgan fingerprint density at radius 1 is 0.528 bits per heavy atom. The summed E-state index contributed by atoms with van der Waals surface area (Å²) < 4.78 is 0. The lowest BCUT2D eigenvalue weighted by Crippen LogP contribution is -2.33. The van der Waals surface area contributed by atoms with Crippen LogP contribution in [0.2, 0.25) is 0 Å². The molecule has 0 saturated heterocycles. The molecule has 0 spiro atoms. The molecule has 6 rings (SSSR count). The van der Waals surface area contributed by atoms with Crippen molar-refractivity contribution in [2.45, 2.75) is 70.6 Å². The van der Waals surface area contributed by atoms with Gasteiger partial charge in [0.1, 0.15) is 0 Å². The highest BCUT2D eigenvalue weighted by atomic mass is 14.9. The summed E-state index contributed by atoms with van der Waals surface area (Å²) in [6.45, 7) is 14.3. The van der Waals surface area contributed by atoms with Gasteiger partial charge >= 0.3 is 0 Å². The van der Waals surface area contributed by atoms with Crippen molar-refractivity contribution in [2.75, 3.05) is 5.32 Å². The predicted octanol–water partition coefficient (Wildman–Crippen LogP) is 9.75. The SMILES string of the molecule is CC1(C)CCC(C)(C)c2cc(-c3cc4c(cc3Nc3ccccc3)C(C)(C)c3ccccc3-4)ccc21. The Hall–Kier alpha value is -3.32. The molecule has 1 nitrogen and oxygen atoms in total. The quantitative estimate of drug-likeness (QED) is 0.313. The number of anilines is 2. The molecular weight excluding hydrogens is 434 g/mol. The van der Waals surface area contributed by atoms with Crippen LogP contribution >= 0.6 is 0 Å². The van der Waals surface area contributed by atoms with Crippen LogP contribution in [-0.2, 0) is 16.2 Å². The van der Waals surface area contributed by atoms with E-state index in [0.717, 1.165) is 5.69 Å². The zero-order valence-electron chi connectivity index (χ0n) is 22.5. The zero-order chi connectivity index (χ0) is 25.3. The highest BCUT2D eigenvalue weighted by Gasteiger charge is 2.38. The topological polar surface area (TPSA) is 12.0 Å². The maximum absolute atomic E-state index is 3.78. The zero-order valence-corrected chi connectivity index (χ0v) is 22.5. The molecule has 2 aliphatic rings. The number of benzene rings is 4. The first kappa shape index (κ1) is 23.1. The standard InChI is InChI=1S/C35H37N/c1-33(2)18-19-34(3,4)31-20-23(16-17-29(31)33)26-21-27-25-14-10-11-15-28(25)35(5,6)30(27)22-32(26)36-24-12-8-7-9-13-24/h7-17,20-22,36H,18-19H2,1-6H3. The molecule has 0 radical (unpaired) electrons. The fourth-order valence-corrected chi connectivity index (χ4v) is 6.52. The number of para-hydroxylation sites is 1. The van der Waals surface area contributed by atoms with Gasteiger partial charge in [-0.2, -0.15) is 0 Å². The van der Waals surface area contributed by atoms with Crippen LogP contribution in [0.4, 0.5) is 11.4 Å². The van der Waals surface area contributed by atoms with E-state index in [0.29, 0.717) is 0 Å². The predicted molar refractivity (Wildman–Crippen MR) is 154 cm³/mol. The lowest BCUT2D eigenvalue weighted by Gasteiger charge is -2.42. The Morgan fingerprint density at radius 3 is 1.94 bits per heavy atom. The molecule has 4 aromatic carbocycles. The van der Waals surface area contributed by atoms with Gasteiger partial charge in [-0.3, -0.25) is 0 Å². The molecule has 0 amide bonds. The van der Waals surface area contributed by atoms with Crippen molar-refractivity contribution in [1.82, 2.24) is 0 Å². The summed E-state index contributed by atoms with van der Waals surface area (Å²) >= 11 is 0. The van der Waals surface area contributed by atoms with E-state index < -0.39 is 0 Å². The van der Waals surface area contributed by atoms with Crippen molar-refractivity contribution in [3.05, 3.63) is 107 Å². The average molecular weight is 472 g/mol. The smallest absolute Gasteiger partial charge is 0.0467 e. The molecule has 36 heavy (non-hydrogen) atoms. The van der Waals surface area contributed by atoms with Crippen LogP contribution in [0.25, 0.3) is 22.3 Å². The van der Waals surface area contributed by atoms with E-state index in [1.54, 1.807) is 0 Å². The fourth-order valence-electron chi connectivity index (χ4n) is 6.52. The summed E-state index contributed by atoms with van der Waals surface area (Å²) in [4.78, 5) is 0. The number of nitrogens with one attached hydrogen (secondary N) is 1. The molecule has 2 aliphatic carbocycles. The van der Waals surface area contributed by atoms with Gasteiger partial charge in [0.2, 0.25) is 0 Å². The van der Waals surface area contributed by atoms with Crippen LogP contribution in [0.5, 0.6) is 0 Å². The van der Waals surface area contributed by atoms with Crippen molar-refractivity contribution in [3.63, 3.8) is 0 Å². The minimum atomic E-state index is -0.0283. The first-order chi connectivity index (χ1) is 17.1. The second kappa shape index (κ2) is 7.84. The van der Waals surface area contributed by atoms with E-state index in [2.05, 4.69) is 132 Å². The van der Waals surface area contributed by atoms with Gasteiger partial charge in [0.05, 0.1) is 0 Å². The van der Waals surface area contributed by atoms with Crippen molar-refractivity contribution in [1.29, 1.82) is 0 Å². The first-order valence-corrected chi connectivity index (χ1v) is 13.3. The van der Waals surface area contributed by atoms with Crippen LogP contribution in [0.1, 0.15) is 76.6 Å². The molecule has 0 atom stereocenters. The number of hydrogen-bond acceptors (Lipinski definition) is 1. The Kier molecular flexibility index (Phi) is 5.03. The third-order valence-electron chi connectivity index (χ3n) is 8.94. The summed E-state index contributed by atoms with van der Waals surface area (Å²) in [5.74, 6) is 0. The third-order valence-corrected chi connectivity index (χ3v) is 8.94. The highest BCUT2D eigenvalue weighted by molar-refractivity contribution is 5.91. The number of fused-ring (bicyclic) bond motifs is 4. The monoisotopic (exact) mass is 471 g/mol. The summed E-state index contributed by atoms with van der Waals surface area (Å²) in [6.07, 6.45) is 2.45. The van der Waals surface area contributed by atoms with E-state index in [9.17, 15) is 0 Å². The van der Waals surface area contributed by atoms with Crippen molar-refractivity contribution in [3.8, 4) is 22.3 Å². The molecule has 182 valence electrons. The molecule has 1 heteroatoms. The lowest BCUT2D eigenvalue weighted by atomic mass is 9.63. The summed E-state index contributed by atoms with van der Waals surface area (Å²) in [6, 6.07) is 31.6. The van der Waals surface area contributed by atoms with Gasteiger partial charge in [-0.1, -0.05) is 102 Å². The number of rotatable bonds is 3. The Balaban J connectivity index is 1.59. The van der Waals surface area contributed by atoms with Crippen molar-refractivity contribution < 1.29 is 0 Å². The van der Waals surface area contributed by atoms with Crippen LogP contribution < -0.4 is 5.32 Å². The summed E-state index contributed by atoms with van der Waals surface area (Å²) in [5.41, 5.74) is 13.8. The molecule has 0 fully saturated rings. The Morgan fingerprint density at radius 2 is 1.19 bits per heavy atom. The van der Waals surface area contributed by atoms with Gasteiger partial charge in [0.25, 0.3) is 0 Å². The van der Waals surface area contributed by atoms with E-state index in [4.69, 9.17) is 0 Å². The van der Waals surface area contributed by atoms with Crippen molar-refractivity contribution >= 4 is 11.4 Å². The molecule has 0 aromatic heterocycles. The molecule has 0 heterocycles. The van der Waals surface area contributed by atoms with E-state index in [1.165, 1.54) is 63.0 Å². The normalized spacial score (nSPS) is 18.2. The maximum Gasteiger partial charge on any atom is 0.0467 e. The summed E-state index contributed by atoms with van der Waals surface area (Å²) in [7, 11) is 0. The molecule has 0 saturated carbocycles. The van der Waals surface area contributed by atoms with Crippen LogP contribution in [-0.4, -0.2) is 0 Å². The minimum absolute atomic E-state index is 0.0283. The maximum atomic E-state index is 3.78. The van der Waals surface area contributed by atoms with Gasteiger partial charge in [-0.15, -0.1) is 0 Å². The minimum Gasteiger partial charge on any atom is -0.355 e. The molecule has 1 N–H and O–H groups in total. The van der Waals surface area contributed by atoms with E-state index >= 15 is 0 Å². The fraction of sp³-hybridized carbons (Fsp3) is 0.314. The van der Waals surface area contributed by atoms with E-state index in [1.807, 2.05) is 0 Å². The van der Waals surface area contributed by atoms with Crippen LogP contribution in [0, 0.1) is 0 Å². The Labute approximate surface area is 216 Å². The Bertz CT molecular complexity index is 1470. The molecule has 4 aromatic rings. The van der Waals surface area contributed by atoms with Gasteiger partial charge in [0.15, 0.2) is 0 Å². The highest BCUT2D eigenvalue weighted by Crippen LogP contribution is 2.52. The molecular formula is C35H37N. The lowest BCUT2D eigenvalue weighted by molar-refractivity contribution is 0.332. The molecule has 0 unspecified atom stereocenters. The van der Waals surface area contributed by atoms with Crippen LogP contribution in [0.15, 0.2) is 84.9 Å². The van der Waals surface area contributed by atoms with Gasteiger partial charge < -0.3 is 5.32 Å². The largest absolute Gasteiger partial charge is 0.355 e.